The van der Waals surface area contributed by atoms with Gasteiger partial charge >= 0.3 is 5.97 Å². The molecule has 0 aromatic heterocycles. The first-order valence-corrected chi connectivity index (χ1v) is 11.5. The van der Waals surface area contributed by atoms with Crippen molar-refractivity contribution in [1.82, 2.24) is 5.32 Å². The van der Waals surface area contributed by atoms with Crippen LogP contribution < -0.4 is 10.1 Å². The van der Waals surface area contributed by atoms with Gasteiger partial charge in [0.05, 0.1) is 16.1 Å². The molecular weight excluding hydrogens is 572 g/mol. The molecule has 1 aliphatic rings. The maximum atomic E-state index is 13.3. The lowest BCUT2D eigenvalue weighted by atomic mass is 9.95. The predicted molar refractivity (Wildman–Crippen MR) is 131 cm³/mol. The van der Waals surface area contributed by atoms with Crippen molar-refractivity contribution in [3.05, 3.63) is 108 Å². The highest BCUT2D eigenvalue weighted by molar-refractivity contribution is 9.13. The van der Waals surface area contributed by atoms with Crippen LogP contribution in [0, 0.1) is 10.1 Å². The lowest BCUT2D eigenvalue weighted by Crippen LogP contribution is -2.11. The molecule has 4 rings (SSSR count). The molecule has 1 aliphatic heterocycles. The van der Waals surface area contributed by atoms with Crippen molar-refractivity contribution in [1.29, 1.82) is 0 Å². The molecule has 0 aliphatic carbocycles. The zero-order valence-corrected chi connectivity index (χ0v) is 20.8. The third-order valence-corrected chi connectivity index (χ3v) is 6.93. The van der Waals surface area contributed by atoms with Gasteiger partial charge in [-0.1, -0.05) is 24.3 Å². The Labute approximate surface area is 211 Å². The van der Waals surface area contributed by atoms with Gasteiger partial charge in [0.1, 0.15) is 5.75 Å². The molecule has 0 radical (unpaired) electrons. The number of halogens is 2. The minimum atomic E-state index is -1.05. The fraction of sp³-hybridized carbons (Fsp3) is 0.0833. The zero-order valence-electron chi connectivity index (χ0n) is 17.6. The molecule has 0 amide bonds. The second kappa shape index (κ2) is 9.78. The monoisotopic (exact) mass is 586 g/mol. The number of nitrogens with zero attached hydrogens (tertiary/aromatic N) is 1. The van der Waals surface area contributed by atoms with Crippen LogP contribution in [0.2, 0.25) is 0 Å². The minimum absolute atomic E-state index is 0.141. The molecule has 3 aromatic rings. The van der Waals surface area contributed by atoms with Gasteiger partial charge in [0.25, 0.3) is 5.69 Å². The van der Waals surface area contributed by atoms with E-state index < -0.39 is 17.0 Å². The summed E-state index contributed by atoms with van der Waals surface area (Å²) in [5, 5.41) is 14.0. The maximum Gasteiger partial charge on any atom is 0.343 e. The molecule has 8 nitrogen and oxygen atoms in total. The Kier molecular flexibility index (Phi) is 6.80. The largest absolute Gasteiger partial charge is 0.462 e. The fourth-order valence-electron chi connectivity index (χ4n) is 3.46. The fourth-order valence-corrected chi connectivity index (χ4v) is 4.06. The van der Waals surface area contributed by atoms with E-state index in [0.29, 0.717) is 16.9 Å². The topological polar surface area (TPSA) is 108 Å². The van der Waals surface area contributed by atoms with Gasteiger partial charge in [0, 0.05) is 33.7 Å². The Morgan fingerprint density at radius 2 is 1.82 bits per heavy atom. The van der Waals surface area contributed by atoms with E-state index in [1.54, 1.807) is 55.6 Å². The number of hydrogen-bond acceptors (Lipinski definition) is 7. The molecule has 1 heterocycles. The van der Waals surface area contributed by atoms with Crippen LogP contribution in [0.3, 0.4) is 0 Å². The molecule has 1 unspecified atom stereocenters. The highest BCUT2D eigenvalue weighted by atomic mass is 79.9. The van der Waals surface area contributed by atoms with E-state index in [0.717, 1.165) is 8.95 Å². The number of Topliss-reactive ketones (excluding diaryl/α,β-unsaturated/α-hetero) is 1. The number of non-ortho nitro benzene ring substituents is 1. The third kappa shape index (κ3) is 4.73. The van der Waals surface area contributed by atoms with E-state index in [2.05, 4.69) is 37.2 Å². The summed E-state index contributed by atoms with van der Waals surface area (Å²) in [4.78, 5) is 36.6. The van der Waals surface area contributed by atoms with Crippen molar-refractivity contribution in [3.63, 3.8) is 0 Å². The summed E-state index contributed by atoms with van der Waals surface area (Å²) in [6, 6.07) is 17.2. The van der Waals surface area contributed by atoms with Crippen molar-refractivity contribution < 1.29 is 24.0 Å². The van der Waals surface area contributed by atoms with Crippen molar-refractivity contribution in [2.75, 3.05) is 7.05 Å². The number of esters is 1. The Morgan fingerprint density at radius 3 is 2.53 bits per heavy atom. The van der Waals surface area contributed by atoms with Gasteiger partial charge in [0.2, 0.25) is 5.78 Å². The van der Waals surface area contributed by atoms with Crippen LogP contribution in [0.5, 0.6) is 5.75 Å². The van der Waals surface area contributed by atoms with Crippen LogP contribution >= 0.6 is 31.9 Å². The standard InChI is InChI=1S/C24H16Br2N2O6/c1-27-23-20(21(29)22(34-23)14-5-3-7-16(11-14)28(31)32)13-4-2-6-15(10-13)24(30)33-17-8-9-18(25)19(26)12-17/h2-12,22,27H,1H3. The summed E-state index contributed by atoms with van der Waals surface area (Å²) in [5.74, 6) is -0.410. The number of ether oxygens (including phenoxy) is 2. The van der Waals surface area contributed by atoms with Gasteiger partial charge in [0.15, 0.2) is 12.0 Å². The Morgan fingerprint density at radius 1 is 1.06 bits per heavy atom. The zero-order chi connectivity index (χ0) is 24.4. The predicted octanol–water partition coefficient (Wildman–Crippen LogP) is 5.57. The Bertz CT molecular complexity index is 1350. The van der Waals surface area contributed by atoms with Gasteiger partial charge in [-0.2, -0.15) is 0 Å². The van der Waals surface area contributed by atoms with E-state index in [-0.39, 0.29) is 28.5 Å². The second-order valence-electron chi connectivity index (χ2n) is 7.21. The molecule has 0 fully saturated rings. The Hall–Kier alpha value is -3.50. The third-order valence-electron chi connectivity index (χ3n) is 5.05. The minimum Gasteiger partial charge on any atom is -0.462 e. The highest BCUT2D eigenvalue weighted by Gasteiger charge is 2.37. The van der Waals surface area contributed by atoms with Crippen LogP contribution in [0.4, 0.5) is 5.69 Å². The number of ketones is 1. The van der Waals surface area contributed by atoms with E-state index in [1.165, 1.54) is 18.2 Å². The first-order chi connectivity index (χ1) is 16.3. The van der Waals surface area contributed by atoms with E-state index in [9.17, 15) is 19.7 Å². The van der Waals surface area contributed by atoms with Crippen LogP contribution in [-0.4, -0.2) is 23.7 Å². The van der Waals surface area contributed by atoms with E-state index in [1.807, 2.05) is 0 Å². The number of carbonyl (C=O) groups is 2. The summed E-state index contributed by atoms with van der Waals surface area (Å²) in [6.07, 6.45) is -1.05. The van der Waals surface area contributed by atoms with Crippen molar-refractivity contribution in [2.24, 2.45) is 0 Å². The number of benzene rings is 3. The normalized spacial score (nSPS) is 15.1. The summed E-state index contributed by atoms with van der Waals surface area (Å²) in [6.45, 7) is 0. The molecule has 0 spiro atoms. The van der Waals surface area contributed by atoms with Gasteiger partial charge in [-0.25, -0.2) is 4.79 Å². The summed E-state index contributed by atoms with van der Waals surface area (Å²) in [7, 11) is 1.60. The van der Waals surface area contributed by atoms with Gasteiger partial charge in [-0.15, -0.1) is 0 Å². The average Bonchev–Trinajstić information content (AvgIpc) is 3.17. The first kappa shape index (κ1) is 23.7. The molecule has 0 saturated heterocycles. The molecule has 0 saturated carbocycles. The molecular formula is C24H16Br2N2O6. The molecule has 34 heavy (non-hydrogen) atoms. The molecule has 3 aromatic carbocycles. The summed E-state index contributed by atoms with van der Waals surface area (Å²) < 4.78 is 12.8. The highest BCUT2D eigenvalue weighted by Crippen LogP contribution is 2.38. The number of nitro benzene ring substituents is 1. The van der Waals surface area contributed by atoms with Crippen LogP contribution in [0.15, 0.2) is 81.6 Å². The lowest BCUT2D eigenvalue weighted by Gasteiger charge is -2.11. The molecule has 172 valence electrons. The summed E-state index contributed by atoms with van der Waals surface area (Å²) >= 11 is 6.73. The van der Waals surface area contributed by atoms with Gasteiger partial charge < -0.3 is 14.8 Å². The molecule has 10 heteroatoms. The van der Waals surface area contributed by atoms with Crippen LogP contribution in [0.25, 0.3) is 5.57 Å². The molecule has 0 bridgehead atoms. The SMILES string of the molecule is CNC1=C(c2cccc(C(=O)Oc3ccc(Br)c(Br)c3)c2)C(=O)C(c2cccc([N+](=O)[O-])c2)O1. The number of nitrogens with one attached hydrogen (secondary N) is 1. The van der Waals surface area contributed by atoms with Crippen LogP contribution in [0.1, 0.15) is 27.6 Å². The van der Waals surface area contributed by atoms with Crippen molar-refractivity contribution in [2.45, 2.75) is 6.10 Å². The van der Waals surface area contributed by atoms with Crippen LogP contribution in [-0.2, 0) is 9.53 Å². The maximum absolute atomic E-state index is 13.3. The Balaban J connectivity index is 1.62. The first-order valence-electron chi connectivity index (χ1n) is 9.93. The summed E-state index contributed by atoms with van der Waals surface area (Å²) in [5.41, 5.74) is 1.15. The smallest absolute Gasteiger partial charge is 0.343 e. The molecule has 1 atom stereocenters. The van der Waals surface area contributed by atoms with Crippen molar-refractivity contribution in [3.8, 4) is 5.75 Å². The number of rotatable bonds is 6. The van der Waals surface area contributed by atoms with Crippen molar-refractivity contribution >= 4 is 54.9 Å². The average molecular weight is 588 g/mol. The van der Waals surface area contributed by atoms with E-state index in [4.69, 9.17) is 9.47 Å². The lowest BCUT2D eigenvalue weighted by molar-refractivity contribution is -0.385. The van der Waals surface area contributed by atoms with Gasteiger partial charge in [-0.05, 0) is 67.8 Å². The quantitative estimate of drug-likeness (QED) is 0.174. The number of hydrogen-bond donors (Lipinski definition) is 1. The molecule has 1 N–H and O–H groups in total. The van der Waals surface area contributed by atoms with Gasteiger partial charge in [-0.3, -0.25) is 14.9 Å². The number of carbonyl (C=O) groups excluding carboxylic acids is 2. The number of nitro groups is 1. The second-order valence-corrected chi connectivity index (χ2v) is 8.92. The van der Waals surface area contributed by atoms with E-state index >= 15 is 0 Å².